The summed E-state index contributed by atoms with van der Waals surface area (Å²) in [5, 5.41) is 10.5. The number of benzene rings is 8. The Morgan fingerprint density at radius 1 is 0.500 bits per heavy atom. The maximum Gasteiger partial charge on any atom is 0.0596 e. The Labute approximate surface area is 294 Å². The van der Waals surface area contributed by atoms with Crippen LogP contribution in [0, 0.1) is 0 Å². The molecule has 2 nitrogen and oxygen atoms in total. The van der Waals surface area contributed by atoms with Crippen LogP contribution in [-0.4, -0.2) is 4.57 Å². The summed E-state index contributed by atoms with van der Waals surface area (Å²) in [7, 11) is 0. The summed E-state index contributed by atoms with van der Waals surface area (Å²) in [6.07, 6.45) is 0. The Morgan fingerprint density at radius 2 is 1.18 bits per heavy atom. The van der Waals surface area contributed by atoms with Crippen molar-refractivity contribution >= 4 is 91.9 Å². The quantitative estimate of drug-likeness (QED) is 0.172. The molecule has 1 aliphatic rings. The zero-order valence-electron chi connectivity index (χ0n) is 27.8. The Morgan fingerprint density at radius 3 is 2.06 bits per heavy atom. The molecule has 50 heavy (non-hydrogen) atoms. The largest absolute Gasteiger partial charge is 0.310 e. The van der Waals surface area contributed by atoms with E-state index in [2.05, 4.69) is 181 Å². The van der Waals surface area contributed by atoms with Crippen LogP contribution in [0.5, 0.6) is 0 Å². The summed E-state index contributed by atoms with van der Waals surface area (Å²) in [5.74, 6) is 0. The number of hydrogen-bond donors (Lipinski definition) is 0. The molecule has 0 spiro atoms. The van der Waals surface area contributed by atoms with Crippen LogP contribution in [0.1, 0.15) is 25.0 Å². The smallest absolute Gasteiger partial charge is 0.0596 e. The van der Waals surface area contributed by atoms with Crippen LogP contribution in [-0.2, 0) is 5.41 Å². The van der Waals surface area contributed by atoms with E-state index in [-0.39, 0.29) is 5.41 Å². The number of hydrogen-bond acceptors (Lipinski definition) is 2. The van der Waals surface area contributed by atoms with Gasteiger partial charge in [0.05, 0.1) is 16.7 Å². The molecule has 0 bridgehead atoms. The third-order valence-electron chi connectivity index (χ3n) is 11.1. The van der Waals surface area contributed by atoms with Crippen LogP contribution in [0.3, 0.4) is 0 Å². The molecule has 11 rings (SSSR count). The van der Waals surface area contributed by atoms with Crippen molar-refractivity contribution in [2.24, 2.45) is 0 Å². The predicted octanol–water partition coefficient (Wildman–Crippen LogP) is 13.6. The Hall–Kier alpha value is -5.90. The molecular formula is C47H32N2S. The minimum atomic E-state index is -0.240. The van der Waals surface area contributed by atoms with E-state index in [1.807, 2.05) is 11.3 Å². The van der Waals surface area contributed by atoms with E-state index in [0.29, 0.717) is 0 Å². The van der Waals surface area contributed by atoms with E-state index >= 15 is 0 Å². The SMILES string of the molecule is CC1(C)c2cc(N(c3ccccc3)c3ccc4c(ccc5ccccc54)c3)ccc2-n2c3ccccc3c3c4sc5ccccc5c4cc1c32. The maximum atomic E-state index is 2.54. The molecule has 2 aromatic heterocycles. The van der Waals surface area contributed by atoms with E-state index in [0.717, 1.165) is 17.1 Å². The van der Waals surface area contributed by atoms with Crippen molar-refractivity contribution in [3.05, 3.63) is 169 Å². The van der Waals surface area contributed by atoms with Gasteiger partial charge in [0, 0.05) is 53.4 Å². The van der Waals surface area contributed by atoms with Gasteiger partial charge >= 0.3 is 0 Å². The van der Waals surface area contributed by atoms with Crippen molar-refractivity contribution in [3.63, 3.8) is 0 Å². The van der Waals surface area contributed by atoms with Gasteiger partial charge in [0.15, 0.2) is 0 Å². The first kappa shape index (κ1) is 28.0. The fraction of sp³-hybridized carbons (Fsp3) is 0.0638. The molecule has 3 heterocycles. The summed E-state index contributed by atoms with van der Waals surface area (Å²) < 4.78 is 5.27. The average Bonchev–Trinajstić information content (AvgIpc) is 3.71. The molecule has 10 aromatic rings. The summed E-state index contributed by atoms with van der Waals surface area (Å²) in [4.78, 5) is 2.42. The topological polar surface area (TPSA) is 8.17 Å². The van der Waals surface area contributed by atoms with Gasteiger partial charge in [-0.3, -0.25) is 0 Å². The van der Waals surface area contributed by atoms with E-state index in [9.17, 15) is 0 Å². The highest BCUT2D eigenvalue weighted by atomic mass is 32.1. The minimum absolute atomic E-state index is 0.240. The lowest BCUT2D eigenvalue weighted by molar-refractivity contribution is 0.631. The molecule has 0 aliphatic carbocycles. The molecular weight excluding hydrogens is 625 g/mol. The van der Waals surface area contributed by atoms with Crippen LogP contribution in [0.25, 0.3) is 69.2 Å². The maximum absolute atomic E-state index is 2.54. The first-order valence-electron chi connectivity index (χ1n) is 17.4. The molecule has 0 atom stereocenters. The van der Waals surface area contributed by atoms with E-state index < -0.39 is 0 Å². The molecule has 0 radical (unpaired) electrons. The van der Waals surface area contributed by atoms with Crippen molar-refractivity contribution in [2.45, 2.75) is 19.3 Å². The Bertz CT molecular complexity index is 3020. The van der Waals surface area contributed by atoms with E-state index in [1.54, 1.807) is 0 Å². The molecule has 0 amide bonds. The number of rotatable bonds is 3. The van der Waals surface area contributed by atoms with E-state index in [4.69, 9.17) is 0 Å². The number of aromatic nitrogens is 1. The lowest BCUT2D eigenvalue weighted by atomic mass is 9.74. The second-order valence-corrected chi connectivity index (χ2v) is 15.2. The Balaban J connectivity index is 1.18. The van der Waals surface area contributed by atoms with Crippen LogP contribution in [0.15, 0.2) is 158 Å². The number of thiophene rings is 1. The highest BCUT2D eigenvalue weighted by molar-refractivity contribution is 7.26. The van der Waals surface area contributed by atoms with Crippen LogP contribution < -0.4 is 4.90 Å². The molecule has 236 valence electrons. The number of para-hydroxylation sites is 2. The Kier molecular flexibility index (Phi) is 5.64. The summed E-state index contributed by atoms with van der Waals surface area (Å²) >= 11 is 1.93. The molecule has 3 heteroatoms. The van der Waals surface area contributed by atoms with Gasteiger partial charge in [-0.05, 0) is 93.3 Å². The van der Waals surface area contributed by atoms with Gasteiger partial charge in [-0.2, -0.15) is 0 Å². The van der Waals surface area contributed by atoms with Crippen molar-refractivity contribution < 1.29 is 0 Å². The van der Waals surface area contributed by atoms with Crippen LogP contribution in [0.4, 0.5) is 17.1 Å². The number of fused-ring (bicyclic) bond motifs is 12. The fourth-order valence-electron chi connectivity index (χ4n) is 8.73. The second-order valence-electron chi connectivity index (χ2n) is 14.2. The van der Waals surface area contributed by atoms with Gasteiger partial charge in [-0.15, -0.1) is 11.3 Å². The van der Waals surface area contributed by atoms with Crippen LogP contribution in [0.2, 0.25) is 0 Å². The van der Waals surface area contributed by atoms with Gasteiger partial charge in [0.1, 0.15) is 0 Å². The number of nitrogens with zero attached hydrogens (tertiary/aromatic N) is 2. The molecule has 0 saturated carbocycles. The lowest BCUT2D eigenvalue weighted by Crippen LogP contribution is -2.27. The molecule has 0 saturated heterocycles. The molecule has 8 aromatic carbocycles. The fourth-order valence-corrected chi connectivity index (χ4v) is 9.97. The standard InChI is InChI=1S/C47H32N2S/c1-47(2)39-27-33(48(31-13-4-3-5-14-31)32-22-24-35-30(26-32)21-20-29-12-6-7-15-34(29)35)23-25-42(39)49-41-18-10-8-17-37(41)44-45(49)40(47)28-38-36-16-9-11-19-43(36)50-46(38)44/h3-28H,1-2H3. The van der Waals surface area contributed by atoms with Gasteiger partial charge < -0.3 is 9.47 Å². The lowest BCUT2D eigenvalue weighted by Gasteiger charge is -2.36. The third kappa shape index (κ3) is 3.73. The monoisotopic (exact) mass is 656 g/mol. The zero-order chi connectivity index (χ0) is 33.1. The van der Waals surface area contributed by atoms with Crippen molar-refractivity contribution in [2.75, 3.05) is 4.90 Å². The normalized spacial score (nSPS) is 13.6. The second kappa shape index (κ2) is 10.1. The number of anilines is 3. The van der Waals surface area contributed by atoms with Gasteiger partial charge in [-0.25, -0.2) is 0 Å². The van der Waals surface area contributed by atoms with Gasteiger partial charge in [-0.1, -0.05) is 111 Å². The predicted molar refractivity (Wildman–Crippen MR) is 215 cm³/mol. The zero-order valence-corrected chi connectivity index (χ0v) is 28.6. The first-order chi connectivity index (χ1) is 24.6. The average molecular weight is 657 g/mol. The third-order valence-corrected chi connectivity index (χ3v) is 12.3. The van der Waals surface area contributed by atoms with Crippen molar-refractivity contribution in [3.8, 4) is 5.69 Å². The molecule has 0 fully saturated rings. The highest BCUT2D eigenvalue weighted by Crippen LogP contribution is 2.53. The van der Waals surface area contributed by atoms with Crippen LogP contribution >= 0.6 is 11.3 Å². The molecule has 0 N–H and O–H groups in total. The summed E-state index contributed by atoms with van der Waals surface area (Å²) in [6.45, 7) is 4.83. The summed E-state index contributed by atoms with van der Waals surface area (Å²) in [5.41, 5.74) is 9.78. The van der Waals surface area contributed by atoms with Gasteiger partial charge in [0.25, 0.3) is 0 Å². The highest BCUT2D eigenvalue weighted by Gasteiger charge is 2.37. The molecule has 1 aliphatic heterocycles. The first-order valence-corrected chi connectivity index (χ1v) is 18.2. The van der Waals surface area contributed by atoms with Crippen molar-refractivity contribution in [1.29, 1.82) is 0 Å². The van der Waals surface area contributed by atoms with Gasteiger partial charge in [0.2, 0.25) is 0 Å². The molecule has 0 unspecified atom stereocenters. The minimum Gasteiger partial charge on any atom is -0.310 e. The summed E-state index contributed by atoms with van der Waals surface area (Å²) in [6, 6.07) is 58.4. The van der Waals surface area contributed by atoms with E-state index in [1.165, 1.54) is 80.3 Å². The van der Waals surface area contributed by atoms with Crippen molar-refractivity contribution in [1.82, 2.24) is 4.57 Å².